The highest BCUT2D eigenvalue weighted by molar-refractivity contribution is 6.03. The number of hydrogen-bond acceptors (Lipinski definition) is 2. The van der Waals surface area contributed by atoms with Crippen molar-refractivity contribution < 1.29 is 4.57 Å². The predicted octanol–water partition coefficient (Wildman–Crippen LogP) is 2.81. The molecule has 1 atom stereocenters. The Morgan fingerprint density at radius 3 is 2.75 bits per heavy atom. The van der Waals surface area contributed by atoms with E-state index in [0.29, 0.717) is 6.54 Å². The number of benzene rings is 1. The standard InChI is InChI=1S/C20H20N3O/c1-3-16-14(2)22(13-15-9-5-4-6-10-15)20-21-17-11-7-8-12-18(17)23(20)19(16)24/h4-12,18H,3,13H2,1-2H3/q+1. The van der Waals surface area contributed by atoms with Gasteiger partial charge in [-0.05, 0) is 31.1 Å². The van der Waals surface area contributed by atoms with Crippen molar-refractivity contribution in [1.82, 2.24) is 4.57 Å². The largest absolute Gasteiger partial charge is 0.403 e. The van der Waals surface area contributed by atoms with Gasteiger partial charge in [0.05, 0.1) is 17.8 Å². The maximum absolute atomic E-state index is 13.0. The van der Waals surface area contributed by atoms with Gasteiger partial charge in [0.2, 0.25) is 0 Å². The molecule has 0 amide bonds. The topological polar surface area (TPSA) is 38.2 Å². The summed E-state index contributed by atoms with van der Waals surface area (Å²) in [5.41, 5.74) is 4.10. The van der Waals surface area contributed by atoms with E-state index in [0.717, 1.165) is 29.3 Å². The molecule has 0 radical (unpaired) electrons. The fraction of sp³-hybridized carbons (Fsp3) is 0.250. The van der Waals surface area contributed by atoms with Crippen LogP contribution in [0.2, 0.25) is 0 Å². The molecule has 0 N–H and O–H groups in total. The number of aromatic nitrogens is 2. The lowest BCUT2D eigenvalue weighted by molar-refractivity contribution is -0.685. The Labute approximate surface area is 141 Å². The number of hydrogen-bond donors (Lipinski definition) is 0. The van der Waals surface area contributed by atoms with E-state index in [1.165, 1.54) is 5.56 Å². The SMILES string of the molecule is CCc1c(C)[n+](Cc2ccccc2)c2n(c1=O)C1C=CC=CC1=N2. The van der Waals surface area contributed by atoms with Crippen molar-refractivity contribution in [2.24, 2.45) is 4.99 Å². The number of nitrogens with zero attached hydrogens (tertiary/aromatic N) is 3. The Hall–Kier alpha value is -2.75. The molecule has 4 heteroatoms. The predicted molar refractivity (Wildman–Crippen MR) is 95.0 cm³/mol. The van der Waals surface area contributed by atoms with E-state index in [2.05, 4.69) is 16.7 Å². The van der Waals surface area contributed by atoms with Crippen LogP contribution in [-0.2, 0) is 13.0 Å². The molecular weight excluding hydrogens is 298 g/mol. The van der Waals surface area contributed by atoms with Crippen molar-refractivity contribution in [3.05, 3.63) is 81.8 Å². The first-order valence-electron chi connectivity index (χ1n) is 8.36. The van der Waals surface area contributed by atoms with Crippen LogP contribution in [0.25, 0.3) is 0 Å². The summed E-state index contributed by atoms with van der Waals surface area (Å²) in [4.78, 5) is 17.8. The zero-order valence-corrected chi connectivity index (χ0v) is 13.9. The van der Waals surface area contributed by atoms with Crippen LogP contribution in [0.1, 0.15) is 29.8 Å². The van der Waals surface area contributed by atoms with Gasteiger partial charge >= 0.3 is 11.5 Å². The minimum atomic E-state index is -0.0783. The summed E-state index contributed by atoms with van der Waals surface area (Å²) >= 11 is 0. The van der Waals surface area contributed by atoms with Crippen molar-refractivity contribution in [2.45, 2.75) is 32.9 Å². The van der Waals surface area contributed by atoms with Gasteiger partial charge in [0.25, 0.3) is 0 Å². The molecule has 1 aromatic heterocycles. The van der Waals surface area contributed by atoms with Crippen molar-refractivity contribution in [2.75, 3.05) is 0 Å². The van der Waals surface area contributed by atoms with E-state index < -0.39 is 0 Å². The highest BCUT2D eigenvalue weighted by atomic mass is 16.1. The van der Waals surface area contributed by atoms with Gasteiger partial charge in [0.15, 0.2) is 11.8 Å². The molecule has 0 spiro atoms. The molecule has 24 heavy (non-hydrogen) atoms. The summed E-state index contributed by atoms with van der Waals surface area (Å²) in [7, 11) is 0. The first-order chi connectivity index (χ1) is 11.7. The van der Waals surface area contributed by atoms with Crippen LogP contribution >= 0.6 is 0 Å². The molecule has 2 aliphatic rings. The summed E-state index contributed by atoms with van der Waals surface area (Å²) < 4.78 is 4.01. The second-order valence-corrected chi connectivity index (χ2v) is 6.19. The minimum absolute atomic E-state index is 0.0783. The lowest BCUT2D eigenvalue weighted by atomic mass is 10.1. The van der Waals surface area contributed by atoms with Gasteiger partial charge in [0, 0.05) is 0 Å². The minimum Gasteiger partial charge on any atom is -0.250 e. The first-order valence-corrected chi connectivity index (χ1v) is 8.36. The molecule has 1 aromatic carbocycles. The number of fused-ring (bicyclic) bond motifs is 3. The first kappa shape index (κ1) is 14.8. The van der Waals surface area contributed by atoms with Crippen molar-refractivity contribution in [1.29, 1.82) is 0 Å². The molecule has 4 rings (SSSR count). The third kappa shape index (κ3) is 2.18. The Balaban J connectivity index is 1.95. The van der Waals surface area contributed by atoms with Gasteiger partial charge in [0.1, 0.15) is 0 Å². The van der Waals surface area contributed by atoms with Gasteiger partial charge < -0.3 is 0 Å². The van der Waals surface area contributed by atoms with Crippen LogP contribution in [0.15, 0.2) is 64.4 Å². The van der Waals surface area contributed by atoms with E-state index in [-0.39, 0.29) is 11.6 Å². The van der Waals surface area contributed by atoms with Crippen molar-refractivity contribution in [3.8, 4) is 0 Å². The quantitative estimate of drug-likeness (QED) is 0.802. The van der Waals surface area contributed by atoms with Crippen LogP contribution in [0.5, 0.6) is 0 Å². The summed E-state index contributed by atoms with van der Waals surface area (Å²) in [5, 5.41) is 0. The van der Waals surface area contributed by atoms with Gasteiger partial charge in [-0.2, -0.15) is 4.57 Å². The van der Waals surface area contributed by atoms with Crippen LogP contribution < -0.4 is 10.1 Å². The molecular formula is C20H20N3O+. The molecule has 4 nitrogen and oxygen atoms in total. The fourth-order valence-corrected chi connectivity index (χ4v) is 3.52. The highest BCUT2D eigenvalue weighted by Gasteiger charge is 2.38. The lowest BCUT2D eigenvalue weighted by Gasteiger charge is -2.14. The Morgan fingerprint density at radius 2 is 2.00 bits per heavy atom. The lowest BCUT2D eigenvalue weighted by Crippen LogP contribution is -2.46. The summed E-state index contributed by atoms with van der Waals surface area (Å²) in [6.45, 7) is 4.78. The third-order valence-electron chi connectivity index (χ3n) is 4.79. The highest BCUT2D eigenvalue weighted by Crippen LogP contribution is 2.28. The van der Waals surface area contributed by atoms with E-state index >= 15 is 0 Å². The average Bonchev–Trinajstić information content (AvgIpc) is 2.99. The number of aliphatic imine (C=N–C) groups is 1. The molecule has 0 saturated carbocycles. The maximum atomic E-state index is 13.0. The van der Waals surface area contributed by atoms with Crippen molar-refractivity contribution in [3.63, 3.8) is 0 Å². The smallest absolute Gasteiger partial charge is 0.250 e. The molecule has 0 saturated heterocycles. The van der Waals surface area contributed by atoms with E-state index in [4.69, 9.17) is 4.99 Å². The molecule has 1 aliphatic carbocycles. The normalized spacial score (nSPS) is 17.6. The molecule has 1 unspecified atom stereocenters. The molecule has 0 fully saturated rings. The van der Waals surface area contributed by atoms with Gasteiger partial charge in [-0.3, -0.25) is 4.79 Å². The summed E-state index contributed by atoms with van der Waals surface area (Å²) in [6, 6.07) is 10.2. The third-order valence-corrected chi connectivity index (χ3v) is 4.79. The number of allylic oxidation sites excluding steroid dienone is 4. The molecule has 2 aromatic rings. The van der Waals surface area contributed by atoms with Gasteiger partial charge in [-0.1, -0.05) is 54.4 Å². The van der Waals surface area contributed by atoms with Crippen molar-refractivity contribution >= 4 is 11.7 Å². The van der Waals surface area contributed by atoms with Crippen LogP contribution in [0, 0.1) is 6.92 Å². The van der Waals surface area contributed by atoms with Crippen LogP contribution in [0.3, 0.4) is 0 Å². The summed E-state index contributed by atoms with van der Waals surface area (Å²) in [5.74, 6) is 0.745. The van der Waals surface area contributed by atoms with E-state index in [9.17, 15) is 4.79 Å². The summed E-state index contributed by atoms with van der Waals surface area (Å²) in [6.07, 6.45) is 8.71. The Kier molecular flexibility index (Phi) is 3.53. The second kappa shape index (κ2) is 5.71. The Morgan fingerprint density at radius 1 is 1.21 bits per heavy atom. The van der Waals surface area contributed by atoms with E-state index in [1.54, 1.807) is 0 Å². The Bertz CT molecular complexity index is 949. The average molecular weight is 318 g/mol. The molecule has 120 valence electrons. The van der Waals surface area contributed by atoms with Gasteiger partial charge in [-0.25, -0.2) is 4.57 Å². The van der Waals surface area contributed by atoms with Crippen LogP contribution in [0.4, 0.5) is 5.95 Å². The fourth-order valence-electron chi connectivity index (χ4n) is 3.52. The maximum Gasteiger partial charge on any atom is 0.403 e. The zero-order valence-electron chi connectivity index (χ0n) is 13.9. The van der Waals surface area contributed by atoms with E-state index in [1.807, 2.05) is 60.9 Å². The van der Waals surface area contributed by atoms with Gasteiger partial charge in [-0.15, -0.1) is 0 Å². The molecule has 1 aliphatic heterocycles. The monoisotopic (exact) mass is 318 g/mol. The zero-order chi connectivity index (χ0) is 16.7. The molecule has 2 heterocycles. The number of rotatable bonds is 3. The van der Waals surface area contributed by atoms with Crippen LogP contribution in [-0.4, -0.2) is 10.3 Å². The second-order valence-electron chi connectivity index (χ2n) is 6.19. The molecule has 0 bridgehead atoms.